The molecule has 1 aromatic heterocycles. The third-order valence-corrected chi connectivity index (χ3v) is 6.22. The third-order valence-electron chi connectivity index (χ3n) is 6.22. The molecule has 1 aliphatic heterocycles. The quantitative estimate of drug-likeness (QED) is 0.181. The van der Waals surface area contributed by atoms with Gasteiger partial charge in [0.1, 0.15) is 5.82 Å². The van der Waals surface area contributed by atoms with Crippen molar-refractivity contribution in [1.29, 1.82) is 0 Å². The number of carbonyl (C=O) groups excluding carboxylic acids is 2. The van der Waals surface area contributed by atoms with Crippen molar-refractivity contribution < 1.29 is 9.59 Å². The minimum atomic E-state index is -0.132. The van der Waals surface area contributed by atoms with Gasteiger partial charge < -0.3 is 15.5 Å². The van der Waals surface area contributed by atoms with Crippen LogP contribution in [0.2, 0.25) is 0 Å². The molecule has 8 nitrogen and oxygen atoms in total. The Morgan fingerprint density at radius 1 is 1.19 bits per heavy atom. The van der Waals surface area contributed by atoms with Crippen LogP contribution >= 0.6 is 24.0 Å². The van der Waals surface area contributed by atoms with Crippen molar-refractivity contribution in [3.63, 3.8) is 0 Å². The lowest BCUT2D eigenvalue weighted by atomic mass is 9.85. The number of aromatic nitrogens is 1. The van der Waals surface area contributed by atoms with Gasteiger partial charge in [-0.05, 0) is 42.9 Å². The van der Waals surface area contributed by atoms with E-state index in [2.05, 4.69) is 32.8 Å². The average molecular weight is 538 g/mol. The number of nitrogens with zero attached hydrogens (tertiary/aromatic N) is 4. The van der Waals surface area contributed by atoms with Crippen molar-refractivity contribution in [3.05, 3.63) is 36.0 Å². The number of halogens is 1. The molecular formula is C22H31IN6O2. The Hall–Kier alpha value is -2.17. The molecule has 2 amide bonds. The van der Waals surface area contributed by atoms with Crippen LogP contribution in [0.4, 0.5) is 5.82 Å². The van der Waals surface area contributed by atoms with Gasteiger partial charge in [0.15, 0.2) is 5.96 Å². The number of carbonyl (C=O) groups is 2. The fourth-order valence-electron chi connectivity index (χ4n) is 4.79. The highest BCUT2D eigenvalue weighted by Crippen LogP contribution is 2.52. The monoisotopic (exact) mass is 538 g/mol. The maximum atomic E-state index is 12.8. The highest BCUT2D eigenvalue weighted by Gasteiger charge is 2.58. The zero-order valence-electron chi connectivity index (χ0n) is 18.2. The summed E-state index contributed by atoms with van der Waals surface area (Å²) in [6.45, 7) is 4.09. The molecule has 2 bridgehead atoms. The number of hydrogen-bond acceptors (Lipinski definition) is 5. The van der Waals surface area contributed by atoms with Crippen LogP contribution in [0.5, 0.6) is 0 Å². The van der Waals surface area contributed by atoms with E-state index in [0.29, 0.717) is 25.6 Å². The molecule has 1 saturated carbocycles. The maximum absolute atomic E-state index is 12.8. The van der Waals surface area contributed by atoms with Crippen LogP contribution in [-0.4, -0.2) is 61.4 Å². The number of likely N-dealkylation sites (tertiary alicyclic amines) is 1. The van der Waals surface area contributed by atoms with Gasteiger partial charge in [-0.25, -0.2) is 9.98 Å². The second-order valence-electron chi connectivity index (χ2n) is 8.37. The number of nitrogens with one attached hydrogen (secondary N) is 2. The van der Waals surface area contributed by atoms with Crippen LogP contribution in [0.25, 0.3) is 0 Å². The lowest BCUT2D eigenvalue weighted by Gasteiger charge is -2.18. The zero-order valence-corrected chi connectivity index (χ0v) is 20.6. The number of hydrogen-bond donors (Lipinski definition) is 2. The average Bonchev–Trinajstić information content (AvgIpc) is 3.42. The summed E-state index contributed by atoms with van der Waals surface area (Å²) in [6, 6.07) is 3.96. The Balaban J connectivity index is 0.00000272. The van der Waals surface area contributed by atoms with Crippen molar-refractivity contribution in [2.24, 2.45) is 28.7 Å². The largest absolute Gasteiger partial charge is 0.363 e. The molecule has 2 fully saturated rings. The molecule has 1 saturated heterocycles. The molecule has 3 aliphatic rings. The van der Waals surface area contributed by atoms with Crippen LogP contribution in [0.1, 0.15) is 18.9 Å². The van der Waals surface area contributed by atoms with Crippen LogP contribution in [-0.2, 0) is 16.1 Å². The molecule has 31 heavy (non-hydrogen) atoms. The summed E-state index contributed by atoms with van der Waals surface area (Å²) in [5, 5.41) is 6.47. The van der Waals surface area contributed by atoms with Gasteiger partial charge >= 0.3 is 0 Å². The number of imide groups is 1. The summed E-state index contributed by atoms with van der Waals surface area (Å²) in [4.78, 5) is 37.9. The molecule has 4 atom stereocenters. The van der Waals surface area contributed by atoms with Crippen molar-refractivity contribution in [2.45, 2.75) is 19.9 Å². The molecule has 4 unspecified atom stereocenters. The predicted octanol–water partition coefficient (Wildman–Crippen LogP) is 1.63. The van der Waals surface area contributed by atoms with Crippen LogP contribution in [0, 0.1) is 23.7 Å². The van der Waals surface area contributed by atoms with E-state index in [1.165, 1.54) is 4.90 Å². The van der Waals surface area contributed by atoms with Crippen molar-refractivity contribution in [2.75, 3.05) is 38.6 Å². The lowest BCUT2D eigenvalue weighted by Crippen LogP contribution is -2.43. The summed E-state index contributed by atoms with van der Waals surface area (Å²) in [7, 11) is 3.91. The fourth-order valence-corrected chi connectivity index (χ4v) is 4.79. The number of allylic oxidation sites excluding steroid dienone is 2. The van der Waals surface area contributed by atoms with Gasteiger partial charge in [-0.1, -0.05) is 12.2 Å². The van der Waals surface area contributed by atoms with E-state index in [9.17, 15) is 9.59 Å². The molecule has 0 aromatic carbocycles. The smallest absolute Gasteiger partial charge is 0.233 e. The van der Waals surface area contributed by atoms with Crippen molar-refractivity contribution in [1.82, 2.24) is 20.5 Å². The van der Waals surface area contributed by atoms with E-state index >= 15 is 0 Å². The number of aliphatic imine (C=N–C) groups is 1. The van der Waals surface area contributed by atoms with Gasteiger partial charge in [-0.3, -0.25) is 14.5 Å². The standard InChI is InChI=1S/C22H30N6O2.HI/c1-4-23-22(26-13-14-7-8-24-17(11-14)27(2)3)25-9-10-28-20(29)18-15-5-6-16(12-15)19(18)21(28)30;/h5-8,11,15-16,18-19H,4,9-10,12-13H2,1-3H3,(H2,23,25,26);1H. The first-order valence-electron chi connectivity index (χ1n) is 10.7. The number of fused-ring (bicyclic) bond motifs is 5. The number of rotatable bonds is 7. The number of amides is 2. The molecule has 2 N–H and O–H groups in total. The van der Waals surface area contributed by atoms with E-state index in [4.69, 9.17) is 0 Å². The molecule has 0 radical (unpaired) electrons. The third kappa shape index (κ3) is 4.70. The first-order chi connectivity index (χ1) is 14.5. The normalized spacial score (nSPS) is 26.2. The first-order valence-corrected chi connectivity index (χ1v) is 10.7. The SMILES string of the molecule is CCNC(=NCc1ccnc(N(C)C)c1)NCCN1C(=O)C2C3C=CC(C3)C2C1=O.I. The van der Waals surface area contributed by atoms with Crippen LogP contribution in [0.15, 0.2) is 35.5 Å². The fraction of sp³-hybridized carbons (Fsp3) is 0.545. The van der Waals surface area contributed by atoms with Gasteiger partial charge in [-0.15, -0.1) is 24.0 Å². The van der Waals surface area contributed by atoms with Crippen LogP contribution < -0.4 is 15.5 Å². The van der Waals surface area contributed by atoms with E-state index < -0.39 is 0 Å². The molecule has 168 valence electrons. The highest BCUT2D eigenvalue weighted by atomic mass is 127. The minimum Gasteiger partial charge on any atom is -0.363 e. The van der Waals surface area contributed by atoms with E-state index in [1.54, 1.807) is 6.20 Å². The van der Waals surface area contributed by atoms with Gasteiger partial charge in [0, 0.05) is 39.9 Å². The molecule has 1 aromatic rings. The Bertz CT molecular complexity index is 857. The Kier molecular flexibility index (Phi) is 7.55. The van der Waals surface area contributed by atoms with E-state index in [-0.39, 0.29) is 59.5 Å². The number of anilines is 1. The lowest BCUT2D eigenvalue weighted by molar-refractivity contribution is -0.140. The molecule has 2 aliphatic carbocycles. The maximum Gasteiger partial charge on any atom is 0.233 e. The molecular weight excluding hydrogens is 507 g/mol. The molecule has 0 spiro atoms. The Morgan fingerprint density at radius 3 is 2.48 bits per heavy atom. The highest BCUT2D eigenvalue weighted by molar-refractivity contribution is 14.0. The topological polar surface area (TPSA) is 89.9 Å². The summed E-state index contributed by atoms with van der Waals surface area (Å²) in [6.07, 6.45) is 6.98. The summed E-state index contributed by atoms with van der Waals surface area (Å²) >= 11 is 0. The van der Waals surface area contributed by atoms with Gasteiger partial charge in [-0.2, -0.15) is 0 Å². The van der Waals surface area contributed by atoms with Gasteiger partial charge in [0.25, 0.3) is 0 Å². The second kappa shape index (κ2) is 9.97. The van der Waals surface area contributed by atoms with Crippen molar-refractivity contribution in [3.8, 4) is 0 Å². The summed E-state index contributed by atoms with van der Waals surface area (Å²) in [5.41, 5.74) is 1.06. The molecule has 2 heterocycles. The summed E-state index contributed by atoms with van der Waals surface area (Å²) in [5.74, 6) is 1.79. The first kappa shape index (κ1) is 23.5. The van der Waals surface area contributed by atoms with Crippen LogP contribution in [0.3, 0.4) is 0 Å². The Labute approximate surface area is 200 Å². The Morgan fingerprint density at radius 2 is 1.87 bits per heavy atom. The van der Waals surface area contributed by atoms with Gasteiger partial charge in [0.05, 0.1) is 18.4 Å². The minimum absolute atomic E-state index is 0. The van der Waals surface area contributed by atoms with E-state index in [0.717, 1.165) is 24.3 Å². The van der Waals surface area contributed by atoms with Gasteiger partial charge in [0.2, 0.25) is 11.8 Å². The molecule has 4 rings (SSSR count). The number of pyridine rings is 1. The predicted molar refractivity (Wildman–Crippen MR) is 131 cm³/mol. The number of guanidine groups is 1. The summed E-state index contributed by atoms with van der Waals surface area (Å²) < 4.78 is 0. The molecule has 9 heteroatoms. The zero-order chi connectivity index (χ0) is 21.3. The van der Waals surface area contributed by atoms with Crippen molar-refractivity contribution >= 4 is 47.6 Å². The second-order valence-corrected chi connectivity index (χ2v) is 8.37. The van der Waals surface area contributed by atoms with E-state index in [1.807, 2.05) is 38.1 Å².